The largest absolute Gasteiger partial charge is 0.497 e. The molecule has 14 heavy (non-hydrogen) atoms. The molecule has 3 nitrogen and oxygen atoms in total. The summed E-state index contributed by atoms with van der Waals surface area (Å²) in [4.78, 5) is 10.6. The molecule has 78 valence electrons. The maximum atomic E-state index is 10.6. The van der Waals surface area contributed by atoms with Gasteiger partial charge >= 0.3 is 0 Å². The van der Waals surface area contributed by atoms with Crippen molar-refractivity contribution in [2.45, 2.75) is 13.5 Å². The number of halogens is 1. The summed E-state index contributed by atoms with van der Waals surface area (Å²) in [6.07, 6.45) is 0. The molecule has 0 unspecified atom stereocenters. The third-order valence-electron chi connectivity index (χ3n) is 1.68. The van der Waals surface area contributed by atoms with Crippen LogP contribution in [0.5, 0.6) is 5.75 Å². The average molecular weight is 216 g/mol. The predicted octanol–water partition coefficient (Wildman–Crippen LogP) is 1.75. The van der Waals surface area contributed by atoms with Gasteiger partial charge in [0, 0.05) is 13.5 Å². The van der Waals surface area contributed by atoms with Crippen LogP contribution in [0.3, 0.4) is 0 Å². The Kier molecular flexibility index (Phi) is 5.72. The standard InChI is InChI=1S/C10H13NO2.ClH/c1-8(12)11-7-9-4-3-5-10(6-9)13-2;/h3-6H,7H2,1-2H3,(H,11,12);1H. The van der Waals surface area contributed by atoms with E-state index in [-0.39, 0.29) is 18.3 Å². The molecular formula is C10H14ClNO2. The van der Waals surface area contributed by atoms with Crippen LogP contribution in [-0.4, -0.2) is 13.0 Å². The van der Waals surface area contributed by atoms with E-state index < -0.39 is 0 Å². The Morgan fingerprint density at radius 2 is 2.21 bits per heavy atom. The average Bonchev–Trinajstić information content (AvgIpc) is 2.15. The zero-order chi connectivity index (χ0) is 9.68. The topological polar surface area (TPSA) is 38.3 Å². The molecule has 0 saturated carbocycles. The fourth-order valence-corrected chi connectivity index (χ4v) is 1.01. The molecule has 0 aliphatic rings. The molecule has 0 aromatic heterocycles. The van der Waals surface area contributed by atoms with Gasteiger partial charge in [-0.2, -0.15) is 0 Å². The maximum absolute atomic E-state index is 10.6. The summed E-state index contributed by atoms with van der Waals surface area (Å²) in [5.74, 6) is 0.783. The summed E-state index contributed by atoms with van der Waals surface area (Å²) in [5.41, 5.74) is 1.04. The van der Waals surface area contributed by atoms with Crippen molar-refractivity contribution in [1.29, 1.82) is 0 Å². The third-order valence-corrected chi connectivity index (χ3v) is 1.68. The first-order chi connectivity index (χ1) is 6.22. The van der Waals surface area contributed by atoms with Gasteiger partial charge in [-0.1, -0.05) is 12.1 Å². The molecule has 1 aromatic rings. The fourth-order valence-electron chi connectivity index (χ4n) is 1.01. The van der Waals surface area contributed by atoms with Gasteiger partial charge in [-0.05, 0) is 17.7 Å². The predicted molar refractivity (Wildman–Crippen MR) is 57.8 cm³/mol. The highest BCUT2D eigenvalue weighted by Crippen LogP contribution is 2.11. The molecule has 0 aliphatic heterocycles. The van der Waals surface area contributed by atoms with Crippen LogP contribution in [0, 0.1) is 0 Å². The van der Waals surface area contributed by atoms with Crippen LogP contribution < -0.4 is 10.1 Å². The lowest BCUT2D eigenvalue weighted by molar-refractivity contribution is -0.119. The van der Waals surface area contributed by atoms with Crippen LogP contribution in [0.1, 0.15) is 12.5 Å². The summed E-state index contributed by atoms with van der Waals surface area (Å²) >= 11 is 0. The highest BCUT2D eigenvalue weighted by atomic mass is 35.5. The first-order valence-corrected chi connectivity index (χ1v) is 4.09. The van der Waals surface area contributed by atoms with Crippen LogP contribution in [0.4, 0.5) is 0 Å². The van der Waals surface area contributed by atoms with Crippen LogP contribution in [0.25, 0.3) is 0 Å². The van der Waals surface area contributed by atoms with Gasteiger partial charge in [-0.25, -0.2) is 0 Å². The smallest absolute Gasteiger partial charge is 0.217 e. The Labute approximate surface area is 89.9 Å². The Morgan fingerprint density at radius 3 is 2.79 bits per heavy atom. The molecule has 0 bridgehead atoms. The quantitative estimate of drug-likeness (QED) is 0.835. The van der Waals surface area contributed by atoms with Gasteiger partial charge in [-0.15, -0.1) is 12.4 Å². The number of benzene rings is 1. The van der Waals surface area contributed by atoms with Crippen molar-refractivity contribution in [3.8, 4) is 5.75 Å². The highest BCUT2D eigenvalue weighted by molar-refractivity contribution is 5.85. The molecule has 0 aliphatic carbocycles. The normalized spacial score (nSPS) is 8.71. The molecule has 0 radical (unpaired) electrons. The van der Waals surface area contributed by atoms with Crippen LogP contribution in [0.2, 0.25) is 0 Å². The van der Waals surface area contributed by atoms with Gasteiger partial charge in [0.25, 0.3) is 0 Å². The maximum Gasteiger partial charge on any atom is 0.217 e. The minimum absolute atomic E-state index is 0. The second-order valence-electron chi connectivity index (χ2n) is 2.76. The van der Waals surface area contributed by atoms with E-state index in [2.05, 4.69) is 5.32 Å². The second-order valence-corrected chi connectivity index (χ2v) is 2.76. The molecule has 0 saturated heterocycles. The summed E-state index contributed by atoms with van der Waals surface area (Å²) in [7, 11) is 1.62. The van der Waals surface area contributed by atoms with Crippen molar-refractivity contribution in [3.05, 3.63) is 29.8 Å². The van der Waals surface area contributed by atoms with Gasteiger partial charge in [-0.3, -0.25) is 4.79 Å². The van der Waals surface area contributed by atoms with Crippen molar-refractivity contribution in [2.24, 2.45) is 0 Å². The number of carbonyl (C=O) groups excluding carboxylic acids is 1. The van der Waals surface area contributed by atoms with E-state index in [9.17, 15) is 4.79 Å². The zero-order valence-electron chi connectivity index (χ0n) is 8.24. The first kappa shape index (κ1) is 12.8. The number of ether oxygens (including phenoxy) is 1. The molecule has 0 spiro atoms. The highest BCUT2D eigenvalue weighted by Gasteiger charge is 1.96. The van der Waals surface area contributed by atoms with Crippen molar-refractivity contribution in [2.75, 3.05) is 7.11 Å². The van der Waals surface area contributed by atoms with Gasteiger partial charge in [0.05, 0.1) is 7.11 Å². The number of hydrogen-bond acceptors (Lipinski definition) is 2. The first-order valence-electron chi connectivity index (χ1n) is 4.09. The van der Waals surface area contributed by atoms with E-state index in [1.807, 2.05) is 24.3 Å². The number of hydrogen-bond donors (Lipinski definition) is 1. The van der Waals surface area contributed by atoms with E-state index in [0.717, 1.165) is 11.3 Å². The fraction of sp³-hybridized carbons (Fsp3) is 0.300. The number of nitrogens with one attached hydrogen (secondary N) is 1. The SMILES string of the molecule is COc1cccc(CNC(C)=O)c1.Cl. The third kappa shape index (κ3) is 4.14. The van der Waals surface area contributed by atoms with Gasteiger partial charge in [0.2, 0.25) is 5.91 Å². The molecular weight excluding hydrogens is 202 g/mol. The lowest BCUT2D eigenvalue weighted by Crippen LogP contribution is -2.18. The summed E-state index contributed by atoms with van der Waals surface area (Å²) in [6, 6.07) is 7.61. The van der Waals surface area contributed by atoms with Crippen molar-refractivity contribution < 1.29 is 9.53 Å². The Morgan fingerprint density at radius 1 is 1.50 bits per heavy atom. The monoisotopic (exact) mass is 215 g/mol. The summed E-state index contributed by atoms with van der Waals surface area (Å²) < 4.78 is 5.05. The molecule has 0 atom stereocenters. The van der Waals surface area contributed by atoms with E-state index in [1.54, 1.807) is 7.11 Å². The van der Waals surface area contributed by atoms with Crippen LogP contribution in [-0.2, 0) is 11.3 Å². The minimum Gasteiger partial charge on any atom is -0.497 e. The summed E-state index contributed by atoms with van der Waals surface area (Å²) in [6.45, 7) is 2.05. The molecule has 0 heterocycles. The molecule has 4 heteroatoms. The van der Waals surface area contributed by atoms with Crippen LogP contribution in [0.15, 0.2) is 24.3 Å². The number of amides is 1. The van der Waals surface area contributed by atoms with E-state index >= 15 is 0 Å². The molecule has 1 aromatic carbocycles. The van der Waals surface area contributed by atoms with E-state index in [1.165, 1.54) is 6.92 Å². The Balaban J connectivity index is 0.00000169. The molecule has 1 N–H and O–H groups in total. The zero-order valence-corrected chi connectivity index (χ0v) is 9.06. The number of methoxy groups -OCH3 is 1. The van der Waals surface area contributed by atoms with Gasteiger partial charge in [0.1, 0.15) is 5.75 Å². The number of rotatable bonds is 3. The molecule has 0 fully saturated rings. The minimum atomic E-state index is -0.0252. The number of carbonyl (C=O) groups is 1. The molecule has 1 amide bonds. The van der Waals surface area contributed by atoms with Gasteiger partial charge < -0.3 is 10.1 Å². The van der Waals surface area contributed by atoms with Crippen LogP contribution >= 0.6 is 12.4 Å². The van der Waals surface area contributed by atoms with Gasteiger partial charge in [0.15, 0.2) is 0 Å². The van der Waals surface area contributed by atoms with E-state index in [4.69, 9.17) is 4.74 Å². The van der Waals surface area contributed by atoms with Crippen molar-refractivity contribution >= 4 is 18.3 Å². The summed E-state index contributed by atoms with van der Waals surface area (Å²) in [5, 5.41) is 2.72. The Hall–Kier alpha value is -1.22. The second kappa shape index (κ2) is 6.27. The van der Waals surface area contributed by atoms with Crippen molar-refractivity contribution in [3.63, 3.8) is 0 Å². The van der Waals surface area contributed by atoms with Crippen molar-refractivity contribution in [1.82, 2.24) is 5.32 Å². The van der Waals surface area contributed by atoms with E-state index in [0.29, 0.717) is 6.54 Å². The lowest BCUT2D eigenvalue weighted by Gasteiger charge is -2.04. The molecule has 1 rings (SSSR count). The lowest BCUT2D eigenvalue weighted by atomic mass is 10.2. The Bertz CT molecular complexity index is 302.